The average Bonchev–Trinajstić information content (AvgIpc) is 2.10. The van der Waals surface area contributed by atoms with Gasteiger partial charge < -0.3 is 10.6 Å². The Kier molecular flexibility index (Phi) is 2.88. The van der Waals surface area contributed by atoms with Gasteiger partial charge in [-0.05, 0) is 6.42 Å². The van der Waals surface area contributed by atoms with E-state index in [1.54, 1.807) is 0 Å². The van der Waals surface area contributed by atoms with Gasteiger partial charge >= 0.3 is 0 Å². The first-order valence-electron chi connectivity index (χ1n) is 4.24. The summed E-state index contributed by atoms with van der Waals surface area (Å²) in [5.41, 5.74) is 5.43. The van der Waals surface area contributed by atoms with Crippen LogP contribution in [0.4, 0.5) is 0 Å². The minimum atomic E-state index is 0.216. The number of hydrogen-bond acceptors (Lipinski definition) is 2. The highest BCUT2D eigenvalue weighted by Crippen LogP contribution is 2.30. The van der Waals surface area contributed by atoms with Crippen molar-refractivity contribution in [1.29, 1.82) is 5.41 Å². The van der Waals surface area contributed by atoms with Crippen molar-refractivity contribution in [2.45, 2.75) is 25.0 Å². The van der Waals surface area contributed by atoms with Crippen molar-refractivity contribution in [1.82, 2.24) is 4.90 Å². The number of hydrogen-bond donors (Lipinski definition) is 2. The van der Waals surface area contributed by atoms with Crippen LogP contribution < -0.4 is 5.73 Å². The fourth-order valence-electron chi connectivity index (χ4n) is 1.26. The third-order valence-corrected chi connectivity index (χ3v) is 3.55. The molecule has 0 aliphatic carbocycles. The van der Waals surface area contributed by atoms with Gasteiger partial charge in [0.25, 0.3) is 0 Å². The van der Waals surface area contributed by atoms with Gasteiger partial charge in [0, 0.05) is 23.6 Å². The Hall–Kier alpha value is -0.380. The van der Waals surface area contributed by atoms with Gasteiger partial charge in [0.05, 0.1) is 0 Å². The van der Waals surface area contributed by atoms with Crippen molar-refractivity contribution in [3.05, 3.63) is 0 Å². The van der Waals surface area contributed by atoms with Crippen LogP contribution in [0.3, 0.4) is 0 Å². The predicted molar refractivity (Wildman–Crippen MR) is 54.6 cm³/mol. The third kappa shape index (κ3) is 2.59. The number of nitrogens with one attached hydrogen (secondary N) is 1. The highest BCUT2D eigenvalue weighted by atomic mass is 32.2. The number of rotatable bonds is 0. The molecule has 3 N–H and O–H groups in total. The number of thioether (sulfide) groups is 1. The lowest BCUT2D eigenvalue weighted by Gasteiger charge is -2.22. The summed E-state index contributed by atoms with van der Waals surface area (Å²) in [6, 6.07) is 0. The lowest BCUT2D eigenvalue weighted by molar-refractivity contribution is 0.416. The van der Waals surface area contributed by atoms with E-state index < -0.39 is 0 Å². The lowest BCUT2D eigenvalue weighted by Crippen LogP contribution is -2.38. The molecule has 12 heavy (non-hydrogen) atoms. The summed E-state index contributed by atoms with van der Waals surface area (Å²) in [7, 11) is 0. The highest BCUT2D eigenvalue weighted by Gasteiger charge is 2.23. The van der Waals surface area contributed by atoms with Crippen molar-refractivity contribution in [2.24, 2.45) is 5.73 Å². The van der Waals surface area contributed by atoms with Crippen molar-refractivity contribution in [3.63, 3.8) is 0 Å². The van der Waals surface area contributed by atoms with Gasteiger partial charge in [0.1, 0.15) is 0 Å². The second kappa shape index (κ2) is 3.56. The van der Waals surface area contributed by atoms with Crippen LogP contribution in [0.25, 0.3) is 0 Å². The minimum absolute atomic E-state index is 0.216. The molecule has 1 fully saturated rings. The normalized spacial score (nSPS) is 23.3. The molecule has 1 saturated heterocycles. The first-order chi connectivity index (χ1) is 5.51. The topological polar surface area (TPSA) is 53.1 Å². The number of guanidine groups is 1. The minimum Gasteiger partial charge on any atom is -0.370 e. The zero-order chi connectivity index (χ0) is 9.19. The van der Waals surface area contributed by atoms with Crippen molar-refractivity contribution < 1.29 is 0 Å². The van der Waals surface area contributed by atoms with E-state index in [1.807, 2.05) is 16.7 Å². The van der Waals surface area contributed by atoms with Crippen LogP contribution in [0, 0.1) is 5.41 Å². The maximum atomic E-state index is 7.31. The van der Waals surface area contributed by atoms with E-state index in [9.17, 15) is 0 Å². The molecule has 0 amide bonds. The Bertz CT molecular complexity index is 179. The molecule has 0 bridgehead atoms. The summed E-state index contributed by atoms with van der Waals surface area (Å²) in [6.45, 7) is 6.35. The van der Waals surface area contributed by atoms with E-state index in [4.69, 9.17) is 11.1 Å². The molecule has 0 unspecified atom stereocenters. The highest BCUT2D eigenvalue weighted by molar-refractivity contribution is 8.00. The molecule has 1 heterocycles. The zero-order valence-electron chi connectivity index (χ0n) is 7.76. The molecule has 0 saturated carbocycles. The molecular weight excluding hydrogens is 170 g/mol. The maximum absolute atomic E-state index is 7.31. The smallest absolute Gasteiger partial charge is 0.188 e. The van der Waals surface area contributed by atoms with Crippen LogP contribution in [-0.4, -0.2) is 34.4 Å². The Morgan fingerprint density at radius 3 is 2.75 bits per heavy atom. The number of nitrogens with zero attached hydrogens (tertiary/aromatic N) is 1. The second-order valence-corrected chi connectivity index (χ2v) is 5.53. The molecule has 4 heteroatoms. The van der Waals surface area contributed by atoms with E-state index in [0.717, 1.165) is 25.3 Å². The van der Waals surface area contributed by atoms with E-state index >= 15 is 0 Å². The van der Waals surface area contributed by atoms with E-state index in [2.05, 4.69) is 13.8 Å². The van der Waals surface area contributed by atoms with Crippen LogP contribution in [0.1, 0.15) is 20.3 Å². The van der Waals surface area contributed by atoms with Gasteiger partial charge in [-0.15, -0.1) is 0 Å². The fourth-order valence-corrected chi connectivity index (χ4v) is 2.36. The second-order valence-electron chi connectivity index (χ2n) is 3.73. The van der Waals surface area contributed by atoms with Gasteiger partial charge in [-0.3, -0.25) is 5.41 Å². The Morgan fingerprint density at radius 1 is 1.50 bits per heavy atom. The van der Waals surface area contributed by atoms with E-state index in [0.29, 0.717) is 4.75 Å². The van der Waals surface area contributed by atoms with Gasteiger partial charge in [-0.2, -0.15) is 11.8 Å². The molecule has 70 valence electrons. The van der Waals surface area contributed by atoms with Crippen LogP contribution in [0.2, 0.25) is 0 Å². The number of nitrogens with two attached hydrogens (primary N) is 1. The molecule has 0 atom stereocenters. The summed E-state index contributed by atoms with van der Waals surface area (Å²) in [4.78, 5) is 1.95. The van der Waals surface area contributed by atoms with E-state index in [1.165, 1.54) is 0 Å². The monoisotopic (exact) mass is 187 g/mol. The van der Waals surface area contributed by atoms with Crippen LogP contribution in [0.15, 0.2) is 0 Å². The largest absolute Gasteiger partial charge is 0.370 e. The SMILES string of the molecule is CC1(C)CCN(C(=N)N)CCS1. The quantitative estimate of drug-likeness (QED) is 0.441. The summed E-state index contributed by atoms with van der Waals surface area (Å²) >= 11 is 1.97. The standard InChI is InChI=1S/C8H17N3S/c1-8(2)3-4-11(7(9)10)5-6-12-8/h3-6H2,1-2H3,(H3,9,10). The van der Waals surface area contributed by atoms with Gasteiger partial charge in [-0.25, -0.2) is 0 Å². The lowest BCUT2D eigenvalue weighted by atomic mass is 10.1. The molecule has 0 aromatic heterocycles. The van der Waals surface area contributed by atoms with Gasteiger partial charge in [0.15, 0.2) is 5.96 Å². The molecule has 3 nitrogen and oxygen atoms in total. The van der Waals surface area contributed by atoms with Crippen molar-refractivity contribution in [3.8, 4) is 0 Å². The fraction of sp³-hybridized carbons (Fsp3) is 0.875. The van der Waals surface area contributed by atoms with Gasteiger partial charge in [0.2, 0.25) is 0 Å². The van der Waals surface area contributed by atoms with Crippen molar-refractivity contribution >= 4 is 17.7 Å². The Labute approximate surface area is 78.2 Å². The maximum Gasteiger partial charge on any atom is 0.188 e. The molecule has 0 radical (unpaired) electrons. The third-order valence-electron chi connectivity index (χ3n) is 2.18. The summed E-state index contributed by atoms with van der Waals surface area (Å²) < 4.78 is 0.351. The summed E-state index contributed by atoms with van der Waals surface area (Å²) in [5, 5.41) is 7.31. The van der Waals surface area contributed by atoms with Crippen LogP contribution in [0.5, 0.6) is 0 Å². The molecule has 0 spiro atoms. The van der Waals surface area contributed by atoms with Crippen LogP contribution in [-0.2, 0) is 0 Å². The first-order valence-corrected chi connectivity index (χ1v) is 5.23. The summed E-state index contributed by atoms with van der Waals surface area (Å²) in [5.74, 6) is 1.29. The summed E-state index contributed by atoms with van der Waals surface area (Å²) in [6.07, 6.45) is 1.11. The molecule has 0 aromatic rings. The first kappa shape index (κ1) is 9.71. The average molecular weight is 187 g/mol. The van der Waals surface area contributed by atoms with Crippen LogP contribution >= 0.6 is 11.8 Å². The molecular formula is C8H17N3S. The molecule has 1 rings (SSSR count). The molecule has 0 aromatic carbocycles. The molecule has 1 aliphatic rings. The van der Waals surface area contributed by atoms with Gasteiger partial charge in [-0.1, -0.05) is 13.8 Å². The zero-order valence-corrected chi connectivity index (χ0v) is 8.58. The predicted octanol–water partition coefficient (Wildman–Crippen LogP) is 1.10. The van der Waals surface area contributed by atoms with E-state index in [-0.39, 0.29) is 5.96 Å². The Morgan fingerprint density at radius 2 is 2.17 bits per heavy atom. The van der Waals surface area contributed by atoms with Crippen molar-refractivity contribution in [2.75, 3.05) is 18.8 Å². The molecule has 1 aliphatic heterocycles. The Balaban J connectivity index is 2.50.